The molecule has 0 unspecified atom stereocenters. The topological polar surface area (TPSA) is 75.4 Å². The Balaban J connectivity index is 1.42. The fourth-order valence-corrected chi connectivity index (χ4v) is 4.85. The van der Waals surface area contributed by atoms with Crippen molar-refractivity contribution in [3.05, 3.63) is 94.8 Å². The van der Waals surface area contributed by atoms with Crippen LogP contribution in [0.4, 0.5) is 5.13 Å². The van der Waals surface area contributed by atoms with Crippen molar-refractivity contribution in [2.24, 2.45) is 0 Å². The highest BCUT2D eigenvalue weighted by Gasteiger charge is 2.36. The minimum absolute atomic E-state index is 0.221. The first-order valence-electron chi connectivity index (χ1n) is 10.3. The van der Waals surface area contributed by atoms with E-state index in [1.165, 1.54) is 17.6 Å². The molecule has 0 saturated carbocycles. The van der Waals surface area contributed by atoms with Crippen LogP contribution in [0.25, 0.3) is 11.3 Å². The van der Waals surface area contributed by atoms with Gasteiger partial charge in [0.15, 0.2) is 10.9 Å². The third-order valence-corrected chi connectivity index (χ3v) is 6.50. The molecule has 2 amide bonds. The molecule has 32 heavy (non-hydrogen) atoms. The van der Waals surface area contributed by atoms with Crippen LogP contribution < -0.4 is 5.32 Å². The lowest BCUT2D eigenvalue weighted by atomic mass is 9.93. The number of nitrogens with one attached hydrogen (secondary N) is 1. The first kappa shape index (κ1) is 20.2. The molecule has 2 aromatic heterocycles. The van der Waals surface area contributed by atoms with Gasteiger partial charge >= 0.3 is 0 Å². The number of nitrogens with zero attached hydrogens (tertiary/aromatic N) is 2. The summed E-state index contributed by atoms with van der Waals surface area (Å²) < 4.78 is 5.32. The average Bonchev–Trinajstić information content (AvgIpc) is 3.48. The highest BCUT2D eigenvalue weighted by molar-refractivity contribution is 7.16. The van der Waals surface area contributed by atoms with Crippen LogP contribution >= 0.6 is 11.3 Å². The van der Waals surface area contributed by atoms with Crippen molar-refractivity contribution >= 4 is 28.3 Å². The zero-order valence-corrected chi connectivity index (χ0v) is 18.3. The van der Waals surface area contributed by atoms with Gasteiger partial charge in [-0.05, 0) is 30.2 Å². The molecule has 0 aliphatic carbocycles. The number of thiazole rings is 1. The first-order valence-corrected chi connectivity index (χ1v) is 11.2. The predicted octanol–water partition coefficient (Wildman–Crippen LogP) is 4.92. The third kappa shape index (κ3) is 3.83. The molecule has 0 saturated heterocycles. The maximum atomic E-state index is 13.3. The Morgan fingerprint density at radius 3 is 2.53 bits per heavy atom. The molecule has 6 nitrogen and oxygen atoms in total. The lowest BCUT2D eigenvalue weighted by molar-refractivity contribution is -0.121. The van der Waals surface area contributed by atoms with E-state index in [0.29, 0.717) is 18.1 Å². The number of amides is 2. The Morgan fingerprint density at radius 2 is 1.78 bits per heavy atom. The molecule has 1 aliphatic rings. The highest BCUT2D eigenvalue weighted by Crippen LogP contribution is 2.31. The lowest BCUT2D eigenvalue weighted by Crippen LogP contribution is -2.50. The van der Waals surface area contributed by atoms with Crippen LogP contribution in [-0.2, 0) is 17.8 Å². The van der Waals surface area contributed by atoms with Gasteiger partial charge in [-0.2, -0.15) is 0 Å². The van der Waals surface area contributed by atoms with Crippen LogP contribution in [0.15, 0.2) is 77.4 Å². The van der Waals surface area contributed by atoms with Gasteiger partial charge in [0, 0.05) is 23.4 Å². The summed E-state index contributed by atoms with van der Waals surface area (Å²) in [5.41, 5.74) is 3.95. The second kappa shape index (κ2) is 8.43. The van der Waals surface area contributed by atoms with E-state index in [2.05, 4.69) is 10.3 Å². The second-order valence-corrected chi connectivity index (χ2v) is 8.88. The van der Waals surface area contributed by atoms with E-state index in [4.69, 9.17) is 4.42 Å². The molecule has 1 atom stereocenters. The molecule has 160 valence electrons. The normalized spacial score (nSPS) is 15.3. The lowest BCUT2D eigenvalue weighted by Gasteiger charge is -2.35. The van der Waals surface area contributed by atoms with Gasteiger partial charge in [-0.3, -0.25) is 9.59 Å². The van der Waals surface area contributed by atoms with Crippen LogP contribution in [0, 0.1) is 6.92 Å². The van der Waals surface area contributed by atoms with Crippen molar-refractivity contribution in [1.82, 2.24) is 9.88 Å². The van der Waals surface area contributed by atoms with Gasteiger partial charge in [0.2, 0.25) is 5.91 Å². The molecule has 0 fully saturated rings. The van der Waals surface area contributed by atoms with Gasteiger partial charge in [-0.1, -0.05) is 54.6 Å². The number of carbonyl (C=O) groups is 2. The van der Waals surface area contributed by atoms with E-state index in [0.717, 1.165) is 27.3 Å². The molecule has 0 radical (unpaired) electrons. The zero-order valence-electron chi connectivity index (χ0n) is 17.4. The van der Waals surface area contributed by atoms with Crippen LogP contribution in [0.3, 0.4) is 0 Å². The maximum absolute atomic E-state index is 13.3. The van der Waals surface area contributed by atoms with Crippen LogP contribution in [0.2, 0.25) is 0 Å². The number of aromatic nitrogens is 1. The number of aryl methyl sites for hydroxylation is 1. The quantitative estimate of drug-likeness (QED) is 0.486. The molecular formula is C25H21N3O3S. The largest absolute Gasteiger partial charge is 0.459 e. The maximum Gasteiger partial charge on any atom is 0.290 e. The molecule has 5 rings (SSSR count). The van der Waals surface area contributed by atoms with E-state index in [1.54, 1.807) is 17.0 Å². The first-order chi connectivity index (χ1) is 15.6. The summed E-state index contributed by atoms with van der Waals surface area (Å²) in [5.74, 6) is -0.337. The SMILES string of the molecule is Cc1sc(NC(=O)[C@H]2Cc3ccccc3CN2C(=O)c2ccco2)nc1-c1ccccc1. The van der Waals surface area contributed by atoms with Gasteiger partial charge in [-0.15, -0.1) is 11.3 Å². The molecule has 1 aliphatic heterocycles. The Morgan fingerprint density at radius 1 is 1.03 bits per heavy atom. The molecular weight excluding hydrogens is 422 g/mol. The molecule has 2 aromatic carbocycles. The van der Waals surface area contributed by atoms with E-state index in [1.807, 2.05) is 61.5 Å². The monoisotopic (exact) mass is 443 g/mol. The summed E-state index contributed by atoms with van der Waals surface area (Å²) in [5, 5.41) is 3.47. The summed E-state index contributed by atoms with van der Waals surface area (Å²) in [6, 6.07) is 20.4. The fraction of sp³-hybridized carbons (Fsp3) is 0.160. The highest BCUT2D eigenvalue weighted by atomic mass is 32.1. The number of furan rings is 1. The van der Waals surface area contributed by atoms with Crippen molar-refractivity contribution in [3.63, 3.8) is 0 Å². The van der Waals surface area contributed by atoms with Gasteiger partial charge < -0.3 is 14.6 Å². The van der Waals surface area contributed by atoms with Gasteiger partial charge in [0.1, 0.15) is 6.04 Å². The van der Waals surface area contributed by atoms with Crippen molar-refractivity contribution < 1.29 is 14.0 Å². The minimum Gasteiger partial charge on any atom is -0.459 e. The predicted molar refractivity (Wildman–Crippen MR) is 123 cm³/mol. The number of benzene rings is 2. The summed E-state index contributed by atoms with van der Waals surface area (Å²) in [6.07, 6.45) is 1.90. The Bertz CT molecular complexity index is 1260. The minimum atomic E-state index is -0.660. The molecule has 1 N–H and O–H groups in total. The molecule has 4 aromatic rings. The van der Waals surface area contributed by atoms with E-state index < -0.39 is 6.04 Å². The summed E-state index contributed by atoms with van der Waals surface area (Å²) in [6.45, 7) is 2.33. The van der Waals surface area contributed by atoms with Crippen molar-refractivity contribution in [2.75, 3.05) is 5.32 Å². The van der Waals surface area contributed by atoms with Gasteiger partial charge in [-0.25, -0.2) is 4.98 Å². The van der Waals surface area contributed by atoms with Crippen molar-refractivity contribution in [1.29, 1.82) is 0 Å². The fourth-order valence-electron chi connectivity index (χ4n) is 4.01. The van der Waals surface area contributed by atoms with Crippen LogP contribution in [0.5, 0.6) is 0 Å². The molecule has 0 spiro atoms. The molecule has 0 bridgehead atoms. The van der Waals surface area contributed by atoms with Gasteiger partial charge in [0.05, 0.1) is 12.0 Å². The molecule has 7 heteroatoms. The number of hydrogen-bond acceptors (Lipinski definition) is 5. The van der Waals surface area contributed by atoms with Gasteiger partial charge in [0.25, 0.3) is 5.91 Å². The van der Waals surface area contributed by atoms with E-state index in [9.17, 15) is 9.59 Å². The molecule has 3 heterocycles. The summed E-state index contributed by atoms with van der Waals surface area (Å²) >= 11 is 1.43. The van der Waals surface area contributed by atoms with E-state index >= 15 is 0 Å². The number of carbonyl (C=O) groups excluding carboxylic acids is 2. The van der Waals surface area contributed by atoms with E-state index in [-0.39, 0.29) is 17.6 Å². The van der Waals surface area contributed by atoms with Crippen molar-refractivity contribution in [2.45, 2.75) is 25.9 Å². The Hall–Kier alpha value is -3.71. The number of rotatable bonds is 4. The average molecular weight is 444 g/mol. The van der Waals surface area contributed by atoms with Crippen molar-refractivity contribution in [3.8, 4) is 11.3 Å². The third-order valence-electron chi connectivity index (χ3n) is 5.62. The summed E-state index contributed by atoms with van der Waals surface area (Å²) in [4.78, 5) is 33.7. The smallest absolute Gasteiger partial charge is 0.290 e. The van der Waals surface area contributed by atoms with Crippen LogP contribution in [0.1, 0.15) is 26.6 Å². The summed E-state index contributed by atoms with van der Waals surface area (Å²) in [7, 11) is 0. The number of fused-ring (bicyclic) bond motifs is 1. The number of anilines is 1. The van der Waals surface area contributed by atoms with Crippen LogP contribution in [-0.4, -0.2) is 27.7 Å². The second-order valence-electron chi connectivity index (χ2n) is 7.68. The zero-order chi connectivity index (χ0) is 22.1. The number of hydrogen-bond donors (Lipinski definition) is 1. The standard InChI is InChI=1S/C25H21N3O3S/c1-16-22(17-8-3-2-4-9-17)26-25(32-16)27-23(29)20-14-18-10-5-6-11-19(18)15-28(20)24(30)21-12-7-13-31-21/h2-13,20H,14-15H2,1H3,(H,26,27,29)/t20-/m1/s1. The Labute approximate surface area is 189 Å². The Kier molecular flexibility index (Phi) is 5.33.